The van der Waals surface area contributed by atoms with Crippen molar-refractivity contribution in [3.63, 3.8) is 0 Å². The van der Waals surface area contributed by atoms with Crippen molar-refractivity contribution >= 4 is 15.9 Å². The highest BCUT2D eigenvalue weighted by molar-refractivity contribution is 9.08. The second kappa shape index (κ2) is 6.60. The highest BCUT2D eigenvalue weighted by atomic mass is 79.9. The van der Waals surface area contributed by atoms with Crippen LogP contribution < -0.4 is 4.74 Å². The Balaban J connectivity index is 2.12. The number of ether oxygens (including phenoxy) is 1. The maximum absolute atomic E-state index is 6.28. The lowest BCUT2D eigenvalue weighted by Gasteiger charge is -2.21. The summed E-state index contributed by atoms with van der Waals surface area (Å²) in [5.74, 6) is 1.12. The van der Waals surface area contributed by atoms with Gasteiger partial charge in [0.25, 0.3) is 0 Å². The highest BCUT2D eigenvalue weighted by Gasteiger charge is 2.16. The topological polar surface area (TPSA) is 9.23 Å². The highest BCUT2D eigenvalue weighted by Crippen LogP contribution is 2.29. The summed E-state index contributed by atoms with van der Waals surface area (Å²) in [5.41, 5.74) is 3.88. The minimum atomic E-state index is 0.430. The Morgan fingerprint density at radius 2 is 1.61 bits per heavy atom. The zero-order valence-electron chi connectivity index (χ0n) is 11.5. The van der Waals surface area contributed by atoms with E-state index >= 15 is 0 Å². The van der Waals surface area contributed by atoms with Gasteiger partial charge >= 0.3 is 0 Å². The van der Waals surface area contributed by atoms with Crippen molar-refractivity contribution in [3.05, 3.63) is 28.8 Å². The van der Waals surface area contributed by atoms with Crippen LogP contribution in [0.15, 0.2) is 12.1 Å². The summed E-state index contributed by atoms with van der Waals surface area (Å²) in [5, 5.41) is 0.915. The van der Waals surface area contributed by atoms with Crippen LogP contribution in [0.4, 0.5) is 0 Å². The van der Waals surface area contributed by atoms with Gasteiger partial charge in [0, 0.05) is 5.33 Å². The molecule has 18 heavy (non-hydrogen) atoms. The van der Waals surface area contributed by atoms with Crippen LogP contribution >= 0.6 is 15.9 Å². The quantitative estimate of drug-likeness (QED) is 0.543. The van der Waals surface area contributed by atoms with Crippen LogP contribution in [-0.4, -0.2) is 6.10 Å². The number of alkyl halides is 1. The lowest BCUT2D eigenvalue weighted by Crippen LogP contribution is -2.16. The molecule has 0 aliphatic heterocycles. The van der Waals surface area contributed by atoms with Crippen molar-refractivity contribution in [3.8, 4) is 5.75 Å². The molecule has 1 aromatic carbocycles. The first-order valence-corrected chi connectivity index (χ1v) is 8.15. The minimum absolute atomic E-state index is 0.430. The summed E-state index contributed by atoms with van der Waals surface area (Å²) in [6.07, 6.45) is 8.27. The van der Waals surface area contributed by atoms with E-state index in [1.807, 2.05) is 0 Å². The van der Waals surface area contributed by atoms with Gasteiger partial charge in [0.2, 0.25) is 0 Å². The Kier molecular flexibility index (Phi) is 5.11. The molecule has 0 bridgehead atoms. The molecule has 0 amide bonds. The van der Waals surface area contributed by atoms with Gasteiger partial charge in [0.1, 0.15) is 5.75 Å². The van der Waals surface area contributed by atoms with Crippen molar-refractivity contribution in [2.24, 2.45) is 0 Å². The van der Waals surface area contributed by atoms with Gasteiger partial charge in [-0.3, -0.25) is 0 Å². The first kappa shape index (κ1) is 13.9. The molecular weight excluding hydrogens is 288 g/mol. The molecule has 1 aliphatic carbocycles. The maximum Gasteiger partial charge on any atom is 0.125 e. The second-order valence-corrected chi connectivity index (χ2v) is 5.98. The fourth-order valence-electron chi connectivity index (χ4n) is 2.83. The second-order valence-electron chi connectivity index (χ2n) is 5.42. The van der Waals surface area contributed by atoms with Crippen LogP contribution in [0.1, 0.15) is 55.2 Å². The average molecular weight is 311 g/mol. The standard InChI is InChI=1S/C16H23BrO/c1-12-9-14(11-17)10-13(2)16(12)18-15-7-5-3-4-6-8-15/h9-10,15H,3-8,11H2,1-2H3. The Bertz CT molecular complexity index is 369. The van der Waals surface area contributed by atoms with E-state index in [9.17, 15) is 0 Å². The van der Waals surface area contributed by atoms with Crippen LogP contribution in [0.5, 0.6) is 5.75 Å². The number of benzene rings is 1. The summed E-state index contributed by atoms with van der Waals surface area (Å²) in [6.45, 7) is 4.32. The fraction of sp³-hybridized carbons (Fsp3) is 0.625. The minimum Gasteiger partial charge on any atom is -0.490 e. The molecule has 2 rings (SSSR count). The molecule has 2 heteroatoms. The predicted molar refractivity (Wildman–Crippen MR) is 80.7 cm³/mol. The van der Waals surface area contributed by atoms with Gasteiger partial charge in [-0.25, -0.2) is 0 Å². The normalized spacial score (nSPS) is 17.5. The van der Waals surface area contributed by atoms with Crippen molar-refractivity contribution in [1.82, 2.24) is 0 Å². The molecule has 1 nitrogen and oxygen atoms in total. The Morgan fingerprint density at radius 3 is 2.11 bits per heavy atom. The van der Waals surface area contributed by atoms with E-state index in [0.717, 1.165) is 11.1 Å². The van der Waals surface area contributed by atoms with Gasteiger partial charge in [0.05, 0.1) is 6.10 Å². The van der Waals surface area contributed by atoms with Crippen LogP contribution in [0.2, 0.25) is 0 Å². The molecule has 0 N–H and O–H groups in total. The number of hydrogen-bond acceptors (Lipinski definition) is 1. The van der Waals surface area contributed by atoms with E-state index in [1.54, 1.807) is 0 Å². The largest absolute Gasteiger partial charge is 0.490 e. The molecule has 1 fully saturated rings. The molecule has 0 unspecified atom stereocenters. The summed E-state index contributed by atoms with van der Waals surface area (Å²) < 4.78 is 6.28. The van der Waals surface area contributed by atoms with E-state index in [0.29, 0.717) is 6.10 Å². The molecular formula is C16H23BrO. The first-order chi connectivity index (χ1) is 8.70. The first-order valence-electron chi connectivity index (χ1n) is 7.03. The van der Waals surface area contributed by atoms with Crippen LogP contribution in [-0.2, 0) is 5.33 Å². The zero-order chi connectivity index (χ0) is 13.0. The lowest BCUT2D eigenvalue weighted by molar-refractivity contribution is 0.181. The fourth-order valence-corrected chi connectivity index (χ4v) is 3.15. The van der Waals surface area contributed by atoms with E-state index in [2.05, 4.69) is 41.9 Å². The van der Waals surface area contributed by atoms with Gasteiger partial charge in [-0.1, -0.05) is 40.9 Å². The molecule has 1 aliphatic rings. The molecule has 100 valence electrons. The number of aryl methyl sites for hydroxylation is 2. The molecule has 0 aromatic heterocycles. The van der Waals surface area contributed by atoms with Gasteiger partial charge in [-0.15, -0.1) is 0 Å². The van der Waals surface area contributed by atoms with Crippen LogP contribution in [0.25, 0.3) is 0 Å². The monoisotopic (exact) mass is 310 g/mol. The van der Waals surface area contributed by atoms with E-state index < -0.39 is 0 Å². The summed E-state index contributed by atoms with van der Waals surface area (Å²) in [6, 6.07) is 4.46. The van der Waals surface area contributed by atoms with Crippen molar-refractivity contribution in [2.45, 2.75) is 63.8 Å². The molecule has 0 atom stereocenters. The van der Waals surface area contributed by atoms with E-state index in [1.165, 1.54) is 55.2 Å². The third kappa shape index (κ3) is 3.50. The van der Waals surface area contributed by atoms with Crippen LogP contribution in [0, 0.1) is 13.8 Å². The Labute approximate surface area is 119 Å². The van der Waals surface area contributed by atoms with Crippen LogP contribution in [0.3, 0.4) is 0 Å². The van der Waals surface area contributed by atoms with Gasteiger partial charge < -0.3 is 4.74 Å². The molecule has 1 aromatic rings. The maximum atomic E-state index is 6.28. The third-order valence-electron chi connectivity index (χ3n) is 3.76. The molecule has 0 heterocycles. The van der Waals surface area contributed by atoms with Crippen molar-refractivity contribution in [2.75, 3.05) is 0 Å². The number of hydrogen-bond donors (Lipinski definition) is 0. The summed E-state index contributed by atoms with van der Waals surface area (Å²) in [7, 11) is 0. The Hall–Kier alpha value is -0.500. The van der Waals surface area contributed by atoms with Crippen molar-refractivity contribution < 1.29 is 4.74 Å². The smallest absolute Gasteiger partial charge is 0.125 e. The SMILES string of the molecule is Cc1cc(CBr)cc(C)c1OC1CCCCCC1. The van der Waals surface area contributed by atoms with E-state index in [4.69, 9.17) is 4.74 Å². The van der Waals surface area contributed by atoms with Gasteiger partial charge in [-0.2, -0.15) is 0 Å². The molecule has 0 radical (unpaired) electrons. The summed E-state index contributed by atoms with van der Waals surface area (Å²) in [4.78, 5) is 0. The summed E-state index contributed by atoms with van der Waals surface area (Å²) >= 11 is 3.52. The molecule has 0 saturated heterocycles. The predicted octanol–water partition coefficient (Wildman–Crippen LogP) is 5.30. The Morgan fingerprint density at radius 1 is 1.06 bits per heavy atom. The lowest BCUT2D eigenvalue weighted by atomic mass is 10.1. The number of halogens is 1. The molecule has 1 saturated carbocycles. The number of rotatable bonds is 3. The molecule has 0 spiro atoms. The van der Waals surface area contributed by atoms with E-state index in [-0.39, 0.29) is 0 Å². The zero-order valence-corrected chi connectivity index (χ0v) is 13.1. The third-order valence-corrected chi connectivity index (χ3v) is 4.41. The van der Waals surface area contributed by atoms with Crippen molar-refractivity contribution in [1.29, 1.82) is 0 Å². The van der Waals surface area contributed by atoms with Gasteiger partial charge in [-0.05, 0) is 56.2 Å². The average Bonchev–Trinajstić information content (AvgIpc) is 2.62. The van der Waals surface area contributed by atoms with Gasteiger partial charge in [0.15, 0.2) is 0 Å².